The summed E-state index contributed by atoms with van der Waals surface area (Å²) < 4.78 is 0. The van der Waals surface area contributed by atoms with Crippen molar-refractivity contribution in [3.8, 4) is 0 Å². The lowest BCUT2D eigenvalue weighted by molar-refractivity contribution is -0.119. The molecule has 3 aliphatic rings. The Morgan fingerprint density at radius 2 is 2.24 bits per heavy atom. The molecular formula is C19H21N3O2S. The zero-order chi connectivity index (χ0) is 17.1. The van der Waals surface area contributed by atoms with E-state index in [4.69, 9.17) is 4.98 Å². The van der Waals surface area contributed by atoms with E-state index in [9.17, 15) is 9.59 Å². The number of carbonyl (C=O) groups is 2. The Labute approximate surface area is 150 Å². The molecule has 0 aromatic carbocycles. The molecule has 1 fully saturated rings. The molecule has 2 aliphatic heterocycles. The first kappa shape index (κ1) is 15.3. The van der Waals surface area contributed by atoms with Gasteiger partial charge in [-0.1, -0.05) is 13.3 Å². The molecule has 0 saturated carbocycles. The molecule has 1 aliphatic carbocycles. The van der Waals surface area contributed by atoms with Crippen LogP contribution in [0, 0.1) is 5.92 Å². The quantitative estimate of drug-likeness (QED) is 0.853. The predicted octanol–water partition coefficient (Wildman–Crippen LogP) is 3.37. The molecule has 25 heavy (non-hydrogen) atoms. The van der Waals surface area contributed by atoms with Crippen LogP contribution in [-0.4, -0.2) is 34.3 Å². The van der Waals surface area contributed by atoms with Crippen molar-refractivity contribution in [2.24, 2.45) is 5.92 Å². The fourth-order valence-electron chi connectivity index (χ4n) is 4.49. The SMILES string of the molecule is CCC1CCc2nc3sc4c(c3cc2C1)NC(=O)[C@H]1CCCN1C4=O. The Bertz CT molecular complexity index is 904. The molecule has 1 unspecified atom stereocenters. The highest BCUT2D eigenvalue weighted by atomic mass is 32.1. The van der Waals surface area contributed by atoms with E-state index in [1.165, 1.54) is 35.4 Å². The van der Waals surface area contributed by atoms with Gasteiger partial charge in [-0.3, -0.25) is 9.59 Å². The van der Waals surface area contributed by atoms with Crippen LogP contribution in [0.25, 0.3) is 10.2 Å². The number of thiophene rings is 1. The van der Waals surface area contributed by atoms with E-state index in [1.807, 2.05) is 0 Å². The molecule has 2 aromatic heterocycles. The van der Waals surface area contributed by atoms with Gasteiger partial charge in [-0.25, -0.2) is 4.98 Å². The van der Waals surface area contributed by atoms with Crippen LogP contribution in [0.1, 0.15) is 53.5 Å². The summed E-state index contributed by atoms with van der Waals surface area (Å²) in [5.74, 6) is 0.655. The van der Waals surface area contributed by atoms with Crippen LogP contribution >= 0.6 is 11.3 Å². The summed E-state index contributed by atoms with van der Waals surface area (Å²) >= 11 is 1.43. The maximum Gasteiger partial charge on any atom is 0.266 e. The topological polar surface area (TPSA) is 62.3 Å². The van der Waals surface area contributed by atoms with E-state index in [0.29, 0.717) is 23.0 Å². The number of aryl methyl sites for hydroxylation is 1. The van der Waals surface area contributed by atoms with E-state index in [-0.39, 0.29) is 17.9 Å². The minimum atomic E-state index is -0.308. The van der Waals surface area contributed by atoms with Gasteiger partial charge in [-0.05, 0) is 49.7 Å². The lowest BCUT2D eigenvalue weighted by Crippen LogP contribution is -2.40. The van der Waals surface area contributed by atoms with E-state index in [2.05, 4.69) is 18.3 Å². The largest absolute Gasteiger partial charge is 0.326 e. The van der Waals surface area contributed by atoms with Gasteiger partial charge >= 0.3 is 0 Å². The Balaban J connectivity index is 1.66. The summed E-state index contributed by atoms with van der Waals surface area (Å²) in [6.45, 7) is 2.91. The highest BCUT2D eigenvalue weighted by Crippen LogP contribution is 2.41. The van der Waals surface area contributed by atoms with Gasteiger partial charge in [0.25, 0.3) is 5.91 Å². The molecule has 0 spiro atoms. The van der Waals surface area contributed by atoms with Crippen LogP contribution in [0.15, 0.2) is 6.07 Å². The van der Waals surface area contributed by atoms with Crippen LogP contribution in [0.2, 0.25) is 0 Å². The maximum absolute atomic E-state index is 13.0. The van der Waals surface area contributed by atoms with Crippen molar-refractivity contribution in [1.82, 2.24) is 9.88 Å². The van der Waals surface area contributed by atoms with Gasteiger partial charge in [-0.15, -0.1) is 11.3 Å². The Morgan fingerprint density at radius 1 is 1.36 bits per heavy atom. The third-order valence-corrected chi connectivity index (χ3v) is 7.07. The number of carbonyl (C=O) groups excluding carboxylic acids is 2. The van der Waals surface area contributed by atoms with Crippen LogP contribution in [0.4, 0.5) is 5.69 Å². The monoisotopic (exact) mass is 355 g/mol. The smallest absolute Gasteiger partial charge is 0.266 e. The molecule has 0 bridgehead atoms. The molecule has 1 saturated heterocycles. The molecule has 4 heterocycles. The second-order valence-electron chi connectivity index (χ2n) is 7.42. The zero-order valence-electron chi connectivity index (χ0n) is 14.3. The van der Waals surface area contributed by atoms with E-state index < -0.39 is 0 Å². The molecular weight excluding hydrogens is 334 g/mol. The molecule has 2 atom stereocenters. The number of fused-ring (bicyclic) bond motifs is 5. The van der Waals surface area contributed by atoms with E-state index in [1.54, 1.807) is 4.90 Å². The van der Waals surface area contributed by atoms with Crippen molar-refractivity contribution in [2.45, 2.75) is 51.5 Å². The van der Waals surface area contributed by atoms with Gasteiger partial charge in [0, 0.05) is 17.6 Å². The van der Waals surface area contributed by atoms with Crippen LogP contribution in [0.3, 0.4) is 0 Å². The van der Waals surface area contributed by atoms with Crippen LogP contribution in [-0.2, 0) is 17.6 Å². The van der Waals surface area contributed by atoms with Crippen LogP contribution < -0.4 is 5.32 Å². The standard InChI is InChI=1S/C19H21N3O2S/c1-2-10-5-6-13-11(8-10)9-12-15-16(25-18(12)20-13)19(24)22-7-3-4-14(22)17(23)21-15/h9-10,14H,2-8H2,1H3,(H,21,23)/t10?,14-/m1/s1. The van der Waals surface area contributed by atoms with Gasteiger partial charge in [0.1, 0.15) is 15.7 Å². The van der Waals surface area contributed by atoms with Gasteiger partial charge in [-0.2, -0.15) is 0 Å². The number of nitrogens with zero attached hydrogens (tertiary/aromatic N) is 2. The third kappa shape index (κ3) is 2.23. The summed E-state index contributed by atoms with van der Waals surface area (Å²) in [4.78, 5) is 33.7. The highest BCUT2D eigenvalue weighted by molar-refractivity contribution is 7.21. The maximum atomic E-state index is 13.0. The molecule has 0 radical (unpaired) electrons. The molecule has 2 amide bonds. The minimum absolute atomic E-state index is 0.0109. The van der Waals surface area contributed by atoms with E-state index >= 15 is 0 Å². The second-order valence-corrected chi connectivity index (χ2v) is 8.42. The average molecular weight is 355 g/mol. The first-order valence-electron chi connectivity index (χ1n) is 9.22. The summed E-state index contributed by atoms with van der Waals surface area (Å²) in [6.07, 6.45) is 6.10. The summed E-state index contributed by atoms with van der Waals surface area (Å²) in [6, 6.07) is 1.87. The fourth-order valence-corrected chi connectivity index (χ4v) is 5.58. The lowest BCUT2D eigenvalue weighted by Gasteiger charge is -2.22. The summed E-state index contributed by atoms with van der Waals surface area (Å²) in [5.41, 5.74) is 3.16. The van der Waals surface area contributed by atoms with Crippen molar-refractivity contribution in [3.05, 3.63) is 22.2 Å². The number of hydrogen-bond acceptors (Lipinski definition) is 4. The molecule has 5 rings (SSSR count). The second kappa shape index (κ2) is 5.53. The number of rotatable bonds is 1. The molecule has 2 aromatic rings. The minimum Gasteiger partial charge on any atom is -0.326 e. The van der Waals surface area contributed by atoms with Crippen molar-refractivity contribution in [2.75, 3.05) is 11.9 Å². The fraction of sp³-hybridized carbons (Fsp3) is 0.526. The van der Waals surface area contributed by atoms with Crippen LogP contribution in [0.5, 0.6) is 0 Å². The van der Waals surface area contributed by atoms with Crippen molar-refractivity contribution in [3.63, 3.8) is 0 Å². The van der Waals surface area contributed by atoms with Crippen molar-refractivity contribution in [1.29, 1.82) is 0 Å². The Hall–Kier alpha value is -1.95. The number of anilines is 1. The van der Waals surface area contributed by atoms with Crippen molar-refractivity contribution >= 4 is 39.1 Å². The first-order valence-corrected chi connectivity index (χ1v) is 10.0. The molecule has 1 N–H and O–H groups in total. The van der Waals surface area contributed by atoms with Gasteiger partial charge < -0.3 is 10.2 Å². The first-order chi connectivity index (χ1) is 12.2. The highest BCUT2D eigenvalue weighted by Gasteiger charge is 2.40. The Morgan fingerprint density at radius 3 is 3.08 bits per heavy atom. The predicted molar refractivity (Wildman–Crippen MR) is 98.1 cm³/mol. The zero-order valence-corrected chi connectivity index (χ0v) is 15.1. The molecule has 6 heteroatoms. The van der Waals surface area contributed by atoms with Gasteiger partial charge in [0.2, 0.25) is 5.91 Å². The summed E-state index contributed by atoms with van der Waals surface area (Å²) in [7, 11) is 0. The molecule has 5 nitrogen and oxygen atoms in total. The van der Waals surface area contributed by atoms with Gasteiger partial charge in [0.05, 0.1) is 5.69 Å². The third-order valence-electron chi connectivity index (χ3n) is 5.99. The normalized spacial score (nSPS) is 25.4. The number of nitrogens with one attached hydrogen (secondary N) is 1. The van der Waals surface area contributed by atoms with Crippen molar-refractivity contribution < 1.29 is 9.59 Å². The average Bonchev–Trinajstić information content (AvgIpc) is 3.22. The summed E-state index contributed by atoms with van der Waals surface area (Å²) in [5, 5.41) is 3.99. The Kier molecular flexibility index (Phi) is 3.39. The van der Waals surface area contributed by atoms with Gasteiger partial charge in [0.15, 0.2) is 0 Å². The number of aromatic nitrogens is 1. The lowest BCUT2D eigenvalue weighted by atomic mass is 9.85. The number of hydrogen-bond donors (Lipinski definition) is 1. The number of pyridine rings is 1. The van der Waals surface area contributed by atoms with E-state index in [0.717, 1.165) is 35.9 Å². The molecule has 130 valence electrons. The number of amides is 2.